The predicted molar refractivity (Wildman–Crippen MR) is 96.9 cm³/mol. The van der Waals surface area contributed by atoms with E-state index in [1.165, 1.54) is 0 Å². The third kappa shape index (κ3) is 5.81. The molecule has 0 saturated carbocycles. The van der Waals surface area contributed by atoms with Crippen LogP contribution < -0.4 is 0 Å². The first-order chi connectivity index (χ1) is 12.5. The first-order valence-electron chi connectivity index (χ1n) is 8.87. The maximum absolute atomic E-state index is 12.1. The van der Waals surface area contributed by atoms with Crippen LogP contribution in [0.1, 0.15) is 42.7 Å². The second kappa shape index (κ2) is 9.87. The standard InChI is InChI=1S/C20H25NO5/c1-3-14-7-10-17(21-12-14)18(22)13-26-16-8-5-15(6-9-16)11-19(20(23)24)25-4-2/h5,7-10,12,15,19H,3-4,6,11,13H2,1-2H3,(H,23,24). The van der Waals surface area contributed by atoms with E-state index in [0.29, 0.717) is 30.9 Å². The number of nitrogens with zero attached hydrogens (tertiary/aromatic N) is 1. The second-order valence-corrected chi connectivity index (χ2v) is 6.10. The lowest BCUT2D eigenvalue weighted by Crippen LogP contribution is -2.26. The van der Waals surface area contributed by atoms with Crippen molar-refractivity contribution >= 4 is 11.8 Å². The van der Waals surface area contributed by atoms with E-state index in [0.717, 1.165) is 12.0 Å². The fourth-order valence-electron chi connectivity index (χ4n) is 2.66. The van der Waals surface area contributed by atoms with Crippen LogP contribution in [0.15, 0.2) is 42.3 Å². The normalized spacial score (nSPS) is 17.5. The van der Waals surface area contributed by atoms with Gasteiger partial charge in [-0.15, -0.1) is 0 Å². The number of aryl methyl sites for hydroxylation is 1. The van der Waals surface area contributed by atoms with Crippen molar-refractivity contribution in [2.45, 2.75) is 39.2 Å². The molecule has 0 aromatic carbocycles. The molecule has 1 aliphatic carbocycles. The highest BCUT2D eigenvalue weighted by Gasteiger charge is 2.22. The molecule has 1 aromatic heterocycles. The minimum Gasteiger partial charge on any atom is -0.486 e. The number of hydrogen-bond donors (Lipinski definition) is 1. The van der Waals surface area contributed by atoms with E-state index in [1.807, 2.05) is 25.1 Å². The van der Waals surface area contributed by atoms with Crippen LogP contribution in [0.3, 0.4) is 0 Å². The number of ketones is 1. The number of ether oxygens (including phenoxy) is 2. The average molecular weight is 359 g/mol. The molecule has 2 unspecified atom stereocenters. The van der Waals surface area contributed by atoms with Crippen molar-refractivity contribution in [2.75, 3.05) is 13.2 Å². The fraction of sp³-hybridized carbons (Fsp3) is 0.450. The summed E-state index contributed by atoms with van der Waals surface area (Å²) in [6.07, 6.45) is 8.40. The molecule has 0 fully saturated rings. The van der Waals surface area contributed by atoms with Crippen LogP contribution in [0.25, 0.3) is 0 Å². The topological polar surface area (TPSA) is 85.7 Å². The number of aliphatic carboxylic acids is 1. The van der Waals surface area contributed by atoms with Crippen LogP contribution in [-0.4, -0.2) is 41.2 Å². The molecule has 0 spiro atoms. The number of pyridine rings is 1. The molecule has 0 aliphatic heterocycles. The third-order valence-electron chi connectivity index (χ3n) is 4.20. The summed E-state index contributed by atoms with van der Waals surface area (Å²) >= 11 is 0. The van der Waals surface area contributed by atoms with Crippen molar-refractivity contribution in [2.24, 2.45) is 5.92 Å². The highest BCUT2D eigenvalue weighted by Crippen LogP contribution is 2.23. The molecule has 2 atom stereocenters. The molecular formula is C20H25NO5. The number of hydrogen-bond acceptors (Lipinski definition) is 5. The maximum atomic E-state index is 12.1. The van der Waals surface area contributed by atoms with Gasteiger partial charge in [0.1, 0.15) is 11.5 Å². The highest BCUT2D eigenvalue weighted by molar-refractivity contribution is 5.95. The molecule has 0 saturated heterocycles. The summed E-state index contributed by atoms with van der Waals surface area (Å²) in [5.41, 5.74) is 1.47. The Morgan fingerprint density at radius 3 is 2.69 bits per heavy atom. The summed E-state index contributed by atoms with van der Waals surface area (Å²) < 4.78 is 10.8. The molecule has 6 heteroatoms. The number of Topliss-reactive ketones (excluding diaryl/α,β-unsaturated/α-hetero) is 1. The largest absolute Gasteiger partial charge is 0.486 e. The van der Waals surface area contributed by atoms with Gasteiger partial charge in [-0.3, -0.25) is 9.78 Å². The fourth-order valence-corrected chi connectivity index (χ4v) is 2.66. The Balaban J connectivity index is 1.81. The summed E-state index contributed by atoms with van der Waals surface area (Å²) in [5, 5.41) is 9.14. The van der Waals surface area contributed by atoms with Crippen LogP contribution in [-0.2, 0) is 20.7 Å². The minimum atomic E-state index is -0.946. The van der Waals surface area contributed by atoms with Crippen molar-refractivity contribution in [3.63, 3.8) is 0 Å². The van der Waals surface area contributed by atoms with Gasteiger partial charge < -0.3 is 14.6 Å². The van der Waals surface area contributed by atoms with Crippen molar-refractivity contribution < 1.29 is 24.2 Å². The Bertz CT molecular complexity index is 678. The molecule has 0 radical (unpaired) electrons. The second-order valence-electron chi connectivity index (χ2n) is 6.10. The van der Waals surface area contributed by atoms with Gasteiger partial charge in [0.15, 0.2) is 12.7 Å². The Labute approximate surface area is 153 Å². The van der Waals surface area contributed by atoms with Gasteiger partial charge in [0, 0.05) is 12.8 Å². The van der Waals surface area contributed by atoms with Gasteiger partial charge in [-0.25, -0.2) is 4.79 Å². The van der Waals surface area contributed by atoms with Crippen molar-refractivity contribution in [3.05, 3.63) is 53.6 Å². The molecule has 1 heterocycles. The van der Waals surface area contributed by atoms with Crippen LogP contribution in [0.2, 0.25) is 0 Å². The molecule has 0 bridgehead atoms. The van der Waals surface area contributed by atoms with Gasteiger partial charge in [0.05, 0.1) is 0 Å². The Morgan fingerprint density at radius 2 is 2.15 bits per heavy atom. The zero-order valence-electron chi connectivity index (χ0n) is 15.2. The first-order valence-corrected chi connectivity index (χ1v) is 8.87. The van der Waals surface area contributed by atoms with Crippen molar-refractivity contribution in [1.29, 1.82) is 0 Å². The number of aromatic nitrogens is 1. The van der Waals surface area contributed by atoms with Gasteiger partial charge in [-0.2, -0.15) is 0 Å². The molecule has 140 valence electrons. The summed E-state index contributed by atoms with van der Waals surface area (Å²) in [6.45, 7) is 4.10. The predicted octanol–water partition coefficient (Wildman–Crippen LogP) is 3.18. The average Bonchev–Trinajstić information content (AvgIpc) is 2.66. The zero-order chi connectivity index (χ0) is 18.9. The lowest BCUT2D eigenvalue weighted by Gasteiger charge is -2.20. The summed E-state index contributed by atoms with van der Waals surface area (Å²) in [7, 11) is 0. The molecule has 1 aliphatic rings. The van der Waals surface area contributed by atoms with Gasteiger partial charge in [-0.1, -0.05) is 19.1 Å². The van der Waals surface area contributed by atoms with E-state index in [1.54, 1.807) is 25.3 Å². The van der Waals surface area contributed by atoms with E-state index in [2.05, 4.69) is 4.98 Å². The van der Waals surface area contributed by atoms with Gasteiger partial charge in [0.2, 0.25) is 5.78 Å². The number of rotatable bonds is 10. The number of carboxylic acid groups (broad SMARTS) is 1. The lowest BCUT2D eigenvalue weighted by atomic mass is 9.94. The molecule has 6 nitrogen and oxygen atoms in total. The summed E-state index contributed by atoms with van der Waals surface area (Å²) in [5.74, 6) is -0.429. The van der Waals surface area contributed by atoms with Crippen molar-refractivity contribution in [3.8, 4) is 0 Å². The first kappa shape index (κ1) is 19.8. The molecular weight excluding hydrogens is 334 g/mol. The smallest absolute Gasteiger partial charge is 0.332 e. The number of carboxylic acids is 1. The quantitative estimate of drug-likeness (QED) is 0.646. The molecule has 0 amide bonds. The van der Waals surface area contributed by atoms with Gasteiger partial charge in [0.25, 0.3) is 0 Å². The van der Waals surface area contributed by atoms with Crippen molar-refractivity contribution in [1.82, 2.24) is 4.98 Å². The maximum Gasteiger partial charge on any atom is 0.332 e. The molecule has 1 N–H and O–H groups in total. The molecule has 2 rings (SSSR count). The van der Waals surface area contributed by atoms with E-state index in [-0.39, 0.29) is 18.3 Å². The van der Waals surface area contributed by atoms with E-state index in [4.69, 9.17) is 14.6 Å². The van der Waals surface area contributed by atoms with Crippen LogP contribution in [0.5, 0.6) is 0 Å². The Hall–Kier alpha value is -2.47. The van der Waals surface area contributed by atoms with Crippen LogP contribution >= 0.6 is 0 Å². The summed E-state index contributed by atoms with van der Waals surface area (Å²) in [6, 6.07) is 3.60. The minimum absolute atomic E-state index is 0.0734. The number of carbonyl (C=O) groups excluding carboxylic acids is 1. The van der Waals surface area contributed by atoms with Crippen LogP contribution in [0.4, 0.5) is 0 Å². The Morgan fingerprint density at radius 1 is 1.35 bits per heavy atom. The van der Waals surface area contributed by atoms with Crippen LogP contribution in [0, 0.1) is 5.92 Å². The van der Waals surface area contributed by atoms with E-state index in [9.17, 15) is 9.59 Å². The van der Waals surface area contributed by atoms with Gasteiger partial charge in [-0.05, 0) is 55.9 Å². The van der Waals surface area contributed by atoms with E-state index < -0.39 is 12.1 Å². The molecule has 1 aromatic rings. The highest BCUT2D eigenvalue weighted by atomic mass is 16.5. The van der Waals surface area contributed by atoms with E-state index >= 15 is 0 Å². The SMILES string of the molecule is CCOC(CC1C=CC(OCC(=O)c2ccc(CC)cn2)=CC1)C(=O)O. The monoisotopic (exact) mass is 359 g/mol. The zero-order valence-corrected chi connectivity index (χ0v) is 15.2. The number of allylic oxidation sites excluding steroid dienone is 3. The number of carbonyl (C=O) groups is 2. The molecule has 26 heavy (non-hydrogen) atoms. The lowest BCUT2D eigenvalue weighted by molar-refractivity contribution is -0.151. The van der Waals surface area contributed by atoms with Gasteiger partial charge >= 0.3 is 5.97 Å². The third-order valence-corrected chi connectivity index (χ3v) is 4.20. The summed E-state index contributed by atoms with van der Waals surface area (Å²) in [4.78, 5) is 27.4. The Kier molecular flexibility index (Phi) is 7.53.